The maximum absolute atomic E-state index is 13.0. The Morgan fingerprint density at radius 2 is 1.78 bits per heavy atom. The molecular formula is C25H24ClN3O2S. The molecule has 2 aromatic carbocycles. The van der Waals surface area contributed by atoms with Gasteiger partial charge in [0.25, 0.3) is 5.91 Å². The minimum absolute atomic E-state index is 0.135. The lowest BCUT2D eigenvalue weighted by Gasteiger charge is -2.37. The molecule has 3 heterocycles. The SMILES string of the molecule is CN1CCN([C@H](c2ccccc2Cl)c2oc3ccccc3c2NC(=O)c2cccs2)CC1. The van der Waals surface area contributed by atoms with Gasteiger partial charge < -0.3 is 14.6 Å². The van der Waals surface area contributed by atoms with Crippen molar-refractivity contribution in [2.24, 2.45) is 0 Å². The minimum Gasteiger partial charge on any atom is -0.457 e. The number of nitrogens with one attached hydrogen (secondary N) is 1. The van der Waals surface area contributed by atoms with Gasteiger partial charge in [-0.2, -0.15) is 0 Å². The van der Waals surface area contributed by atoms with Gasteiger partial charge >= 0.3 is 0 Å². The Labute approximate surface area is 196 Å². The predicted octanol–water partition coefficient (Wildman–Crippen LogP) is 5.74. The molecule has 0 aliphatic carbocycles. The fraction of sp³-hybridized carbons (Fsp3) is 0.240. The normalized spacial score (nSPS) is 16.3. The van der Waals surface area contributed by atoms with Crippen LogP contribution in [0.25, 0.3) is 11.0 Å². The molecule has 5 nitrogen and oxygen atoms in total. The van der Waals surface area contributed by atoms with Crippen LogP contribution in [0.4, 0.5) is 5.69 Å². The van der Waals surface area contributed by atoms with Crippen molar-refractivity contribution in [2.45, 2.75) is 6.04 Å². The summed E-state index contributed by atoms with van der Waals surface area (Å²) in [7, 11) is 2.13. The van der Waals surface area contributed by atoms with Gasteiger partial charge in [0.15, 0.2) is 5.76 Å². The number of carbonyl (C=O) groups excluding carboxylic acids is 1. The van der Waals surface area contributed by atoms with E-state index in [0.717, 1.165) is 42.7 Å². The number of piperazine rings is 1. The molecule has 1 atom stereocenters. The highest BCUT2D eigenvalue weighted by atomic mass is 35.5. The molecule has 32 heavy (non-hydrogen) atoms. The zero-order chi connectivity index (χ0) is 22.1. The summed E-state index contributed by atoms with van der Waals surface area (Å²) in [6, 6.07) is 19.2. The maximum atomic E-state index is 13.0. The lowest BCUT2D eigenvalue weighted by molar-refractivity contribution is 0.102. The predicted molar refractivity (Wildman–Crippen MR) is 131 cm³/mol. The summed E-state index contributed by atoms with van der Waals surface area (Å²) in [4.78, 5) is 18.4. The van der Waals surface area contributed by atoms with Crippen molar-refractivity contribution in [3.63, 3.8) is 0 Å². The zero-order valence-electron chi connectivity index (χ0n) is 17.8. The molecule has 4 aromatic rings. The fourth-order valence-electron chi connectivity index (χ4n) is 4.25. The first-order valence-electron chi connectivity index (χ1n) is 10.6. The molecule has 0 bridgehead atoms. The van der Waals surface area contributed by atoms with Crippen molar-refractivity contribution in [1.29, 1.82) is 0 Å². The number of hydrogen-bond acceptors (Lipinski definition) is 5. The van der Waals surface area contributed by atoms with Crippen LogP contribution < -0.4 is 5.32 Å². The first-order chi connectivity index (χ1) is 15.6. The van der Waals surface area contributed by atoms with Gasteiger partial charge in [-0.15, -0.1) is 11.3 Å². The molecule has 1 N–H and O–H groups in total. The van der Waals surface area contributed by atoms with E-state index < -0.39 is 0 Å². The van der Waals surface area contributed by atoms with Crippen LogP contribution in [0.2, 0.25) is 5.02 Å². The Bertz CT molecular complexity index is 1230. The average Bonchev–Trinajstić information content (AvgIpc) is 3.46. The number of para-hydroxylation sites is 1. The summed E-state index contributed by atoms with van der Waals surface area (Å²) in [6.45, 7) is 3.67. The monoisotopic (exact) mass is 465 g/mol. The molecule has 5 rings (SSSR count). The minimum atomic E-state index is -0.205. The number of furan rings is 1. The Morgan fingerprint density at radius 1 is 1.03 bits per heavy atom. The van der Waals surface area contributed by atoms with Crippen molar-refractivity contribution in [2.75, 3.05) is 38.5 Å². The van der Waals surface area contributed by atoms with Crippen molar-refractivity contribution in [1.82, 2.24) is 9.80 Å². The largest absolute Gasteiger partial charge is 0.457 e. The Morgan fingerprint density at radius 3 is 2.53 bits per heavy atom. The second-order valence-electron chi connectivity index (χ2n) is 8.03. The molecule has 164 valence electrons. The molecule has 7 heteroatoms. The highest BCUT2D eigenvalue weighted by Gasteiger charge is 2.33. The van der Waals surface area contributed by atoms with Crippen LogP contribution in [0.1, 0.15) is 27.0 Å². The molecule has 1 aliphatic heterocycles. The van der Waals surface area contributed by atoms with Crippen LogP contribution in [0, 0.1) is 0 Å². The van der Waals surface area contributed by atoms with Crippen LogP contribution in [0.5, 0.6) is 0 Å². The number of nitrogens with zero attached hydrogens (tertiary/aromatic N) is 2. The van der Waals surface area contributed by atoms with E-state index in [1.165, 1.54) is 11.3 Å². The number of halogens is 1. The summed E-state index contributed by atoms with van der Waals surface area (Å²) in [5.74, 6) is 0.581. The van der Waals surface area contributed by atoms with E-state index in [4.69, 9.17) is 16.0 Å². The van der Waals surface area contributed by atoms with Crippen LogP contribution >= 0.6 is 22.9 Å². The molecule has 0 unspecified atom stereocenters. The number of benzene rings is 2. The number of fused-ring (bicyclic) bond motifs is 1. The van der Waals surface area contributed by atoms with Crippen LogP contribution in [-0.2, 0) is 0 Å². The zero-order valence-corrected chi connectivity index (χ0v) is 19.3. The number of likely N-dealkylation sites (N-methyl/N-ethyl adjacent to an activating group) is 1. The Hall–Kier alpha value is -2.64. The van der Waals surface area contributed by atoms with Gasteiger partial charge in [-0.25, -0.2) is 0 Å². The summed E-state index contributed by atoms with van der Waals surface area (Å²) < 4.78 is 6.44. The number of rotatable bonds is 5. The van der Waals surface area contributed by atoms with E-state index in [9.17, 15) is 4.79 Å². The lowest BCUT2D eigenvalue weighted by Crippen LogP contribution is -2.46. The maximum Gasteiger partial charge on any atom is 0.265 e. The lowest BCUT2D eigenvalue weighted by atomic mass is 9.99. The second-order valence-corrected chi connectivity index (χ2v) is 9.39. The molecule has 1 aliphatic rings. The van der Waals surface area contributed by atoms with E-state index in [0.29, 0.717) is 21.3 Å². The van der Waals surface area contributed by atoms with Gasteiger partial charge in [0.1, 0.15) is 5.58 Å². The fourth-order valence-corrected chi connectivity index (χ4v) is 5.11. The van der Waals surface area contributed by atoms with Gasteiger partial charge in [-0.05, 0) is 42.3 Å². The van der Waals surface area contributed by atoms with Crippen LogP contribution in [0.3, 0.4) is 0 Å². The average molecular weight is 466 g/mol. The van der Waals surface area contributed by atoms with Gasteiger partial charge in [-0.3, -0.25) is 9.69 Å². The van der Waals surface area contributed by atoms with Crippen LogP contribution in [0.15, 0.2) is 70.5 Å². The van der Waals surface area contributed by atoms with Crippen molar-refractivity contribution in [3.05, 3.63) is 87.3 Å². The summed E-state index contributed by atoms with van der Waals surface area (Å²) in [6.07, 6.45) is 0. The third kappa shape index (κ3) is 4.07. The van der Waals surface area contributed by atoms with Crippen molar-refractivity contribution >= 4 is 45.5 Å². The number of thiophene rings is 1. The Balaban J connectivity index is 1.65. The Kier molecular flexibility index (Phi) is 6.02. The molecular weight excluding hydrogens is 442 g/mol. The first-order valence-corrected chi connectivity index (χ1v) is 11.9. The molecule has 1 fully saturated rings. The summed E-state index contributed by atoms with van der Waals surface area (Å²) in [5.41, 5.74) is 2.43. The van der Waals surface area contributed by atoms with Gasteiger partial charge in [-0.1, -0.05) is 48.0 Å². The van der Waals surface area contributed by atoms with E-state index in [1.54, 1.807) is 0 Å². The molecule has 1 saturated heterocycles. The van der Waals surface area contributed by atoms with E-state index in [2.05, 4.69) is 22.2 Å². The highest BCUT2D eigenvalue weighted by molar-refractivity contribution is 7.12. The number of hydrogen-bond donors (Lipinski definition) is 1. The van der Waals surface area contributed by atoms with Crippen LogP contribution in [-0.4, -0.2) is 48.9 Å². The van der Waals surface area contributed by atoms with Crippen molar-refractivity contribution < 1.29 is 9.21 Å². The third-order valence-electron chi connectivity index (χ3n) is 5.96. The van der Waals surface area contributed by atoms with Gasteiger partial charge in [0.2, 0.25) is 0 Å². The first kappa shape index (κ1) is 21.2. The van der Waals surface area contributed by atoms with E-state index in [1.807, 2.05) is 66.0 Å². The van der Waals surface area contributed by atoms with E-state index in [-0.39, 0.29) is 11.9 Å². The number of carbonyl (C=O) groups is 1. The number of amides is 1. The molecule has 0 saturated carbocycles. The molecule has 1 amide bonds. The highest BCUT2D eigenvalue weighted by Crippen LogP contribution is 2.42. The second kappa shape index (κ2) is 9.08. The summed E-state index contributed by atoms with van der Waals surface area (Å²) >= 11 is 8.11. The standard InChI is InChI=1S/C25H24ClN3O2S/c1-28-12-14-29(15-13-28)23(17-7-2-4-9-19(17)26)24-22(18-8-3-5-10-20(18)31-24)27-25(30)21-11-6-16-32-21/h2-11,16,23H,12-15H2,1H3,(H,27,30)/t23-/m1/s1. The smallest absolute Gasteiger partial charge is 0.265 e. The number of anilines is 1. The summed E-state index contributed by atoms with van der Waals surface area (Å²) in [5, 5.41) is 6.63. The quantitative estimate of drug-likeness (QED) is 0.408. The van der Waals surface area contributed by atoms with Crippen molar-refractivity contribution in [3.8, 4) is 0 Å². The topological polar surface area (TPSA) is 48.7 Å². The molecule has 0 spiro atoms. The third-order valence-corrected chi connectivity index (χ3v) is 7.17. The van der Waals surface area contributed by atoms with Gasteiger partial charge in [0, 0.05) is 36.6 Å². The van der Waals surface area contributed by atoms with Gasteiger partial charge in [0.05, 0.1) is 16.6 Å². The van der Waals surface area contributed by atoms with E-state index >= 15 is 0 Å². The molecule has 2 aromatic heterocycles. The molecule has 0 radical (unpaired) electrons.